The Hall–Kier alpha value is -1.35. The molecule has 0 aromatic heterocycles. The Bertz CT molecular complexity index is 482. The van der Waals surface area contributed by atoms with E-state index in [1.807, 2.05) is 14.0 Å². The van der Waals surface area contributed by atoms with Gasteiger partial charge >= 0.3 is 0 Å². The molecule has 1 aromatic carbocycles. The third-order valence-electron chi connectivity index (χ3n) is 4.54. The van der Waals surface area contributed by atoms with Gasteiger partial charge in [0.1, 0.15) is 0 Å². The Kier molecular flexibility index (Phi) is 4.48. The smallest absolute Gasteiger partial charge is 0.236 e. The third kappa shape index (κ3) is 3.04. The van der Waals surface area contributed by atoms with Gasteiger partial charge in [-0.3, -0.25) is 4.79 Å². The summed E-state index contributed by atoms with van der Waals surface area (Å²) in [7, 11) is 1.85. The standard InChI is InChI=1S/C17H26N2O/c1-5-19(4)15(20)12-18-16-14-9-7-6-8-13(14)10-11-17(16,2)3/h6-9,16,18H,5,10-12H2,1-4H3. The van der Waals surface area contributed by atoms with Gasteiger partial charge in [-0.15, -0.1) is 0 Å². The van der Waals surface area contributed by atoms with Crippen molar-refractivity contribution in [2.24, 2.45) is 5.41 Å². The lowest BCUT2D eigenvalue weighted by atomic mass is 9.70. The van der Waals surface area contributed by atoms with Gasteiger partial charge < -0.3 is 10.2 Å². The molecule has 3 nitrogen and oxygen atoms in total. The number of nitrogens with zero attached hydrogens (tertiary/aromatic N) is 1. The van der Waals surface area contributed by atoms with E-state index in [1.165, 1.54) is 11.1 Å². The Morgan fingerprint density at radius 1 is 1.40 bits per heavy atom. The zero-order chi connectivity index (χ0) is 14.8. The van der Waals surface area contributed by atoms with Crippen molar-refractivity contribution in [3.05, 3.63) is 35.4 Å². The molecular formula is C17H26N2O. The summed E-state index contributed by atoms with van der Waals surface area (Å²) in [4.78, 5) is 13.8. The van der Waals surface area contributed by atoms with Gasteiger partial charge in [0.25, 0.3) is 0 Å². The second-order valence-corrected chi connectivity index (χ2v) is 6.41. The number of hydrogen-bond acceptors (Lipinski definition) is 2. The van der Waals surface area contributed by atoms with Gasteiger partial charge in [-0.2, -0.15) is 0 Å². The van der Waals surface area contributed by atoms with E-state index in [-0.39, 0.29) is 17.4 Å². The molecule has 0 spiro atoms. The normalized spacial score (nSPS) is 20.3. The number of hydrogen-bond donors (Lipinski definition) is 1. The lowest BCUT2D eigenvalue weighted by molar-refractivity contribution is -0.129. The van der Waals surface area contributed by atoms with E-state index in [0.29, 0.717) is 6.54 Å². The molecule has 0 radical (unpaired) electrons. The Balaban J connectivity index is 2.14. The first-order valence-corrected chi connectivity index (χ1v) is 7.51. The summed E-state index contributed by atoms with van der Waals surface area (Å²) in [6.07, 6.45) is 2.28. The maximum absolute atomic E-state index is 12.0. The summed E-state index contributed by atoms with van der Waals surface area (Å²) in [5.74, 6) is 0.159. The molecule has 1 aromatic rings. The molecule has 1 aliphatic carbocycles. The lowest BCUT2D eigenvalue weighted by Gasteiger charge is -2.40. The molecule has 110 valence electrons. The minimum atomic E-state index is 0.159. The molecule has 20 heavy (non-hydrogen) atoms. The predicted octanol–water partition coefficient (Wildman–Crippen LogP) is 2.77. The largest absolute Gasteiger partial charge is 0.345 e. The van der Waals surface area contributed by atoms with Crippen LogP contribution in [-0.2, 0) is 11.2 Å². The first kappa shape index (κ1) is 15.0. The topological polar surface area (TPSA) is 32.3 Å². The third-order valence-corrected chi connectivity index (χ3v) is 4.54. The highest BCUT2D eigenvalue weighted by molar-refractivity contribution is 5.78. The van der Waals surface area contributed by atoms with Crippen LogP contribution in [0.5, 0.6) is 0 Å². The number of benzene rings is 1. The van der Waals surface area contributed by atoms with Gasteiger partial charge in [0.2, 0.25) is 5.91 Å². The Morgan fingerprint density at radius 2 is 2.10 bits per heavy atom. The molecule has 0 saturated carbocycles. The van der Waals surface area contributed by atoms with Crippen molar-refractivity contribution in [2.75, 3.05) is 20.1 Å². The monoisotopic (exact) mass is 274 g/mol. The maximum atomic E-state index is 12.0. The van der Waals surface area contributed by atoms with Crippen molar-refractivity contribution in [3.63, 3.8) is 0 Å². The van der Waals surface area contributed by atoms with Gasteiger partial charge in [-0.25, -0.2) is 0 Å². The highest BCUT2D eigenvalue weighted by Crippen LogP contribution is 2.43. The average molecular weight is 274 g/mol. The van der Waals surface area contributed by atoms with Crippen molar-refractivity contribution in [1.82, 2.24) is 10.2 Å². The van der Waals surface area contributed by atoms with E-state index < -0.39 is 0 Å². The van der Waals surface area contributed by atoms with E-state index in [4.69, 9.17) is 0 Å². The van der Waals surface area contributed by atoms with Crippen molar-refractivity contribution in [2.45, 2.75) is 39.7 Å². The molecule has 0 saturated heterocycles. The van der Waals surface area contributed by atoms with Gasteiger partial charge in [0.05, 0.1) is 6.54 Å². The fraction of sp³-hybridized carbons (Fsp3) is 0.588. The number of rotatable bonds is 4. The van der Waals surface area contributed by atoms with Crippen LogP contribution in [0.15, 0.2) is 24.3 Å². The summed E-state index contributed by atoms with van der Waals surface area (Å²) < 4.78 is 0. The quantitative estimate of drug-likeness (QED) is 0.915. The molecule has 3 heteroatoms. The Labute approximate surface area is 122 Å². The SMILES string of the molecule is CCN(C)C(=O)CNC1c2ccccc2CCC1(C)C. The highest BCUT2D eigenvalue weighted by atomic mass is 16.2. The predicted molar refractivity (Wildman–Crippen MR) is 82.6 cm³/mol. The molecule has 1 N–H and O–H groups in total. The van der Waals surface area contributed by atoms with E-state index in [9.17, 15) is 4.79 Å². The molecule has 0 fully saturated rings. The molecule has 0 bridgehead atoms. The average Bonchev–Trinajstić information content (AvgIpc) is 2.44. The van der Waals surface area contributed by atoms with Crippen molar-refractivity contribution in [1.29, 1.82) is 0 Å². The molecular weight excluding hydrogens is 248 g/mol. The fourth-order valence-electron chi connectivity index (χ4n) is 2.95. The van der Waals surface area contributed by atoms with Crippen LogP contribution >= 0.6 is 0 Å². The number of likely N-dealkylation sites (N-methyl/N-ethyl adjacent to an activating group) is 1. The van der Waals surface area contributed by atoms with Crippen molar-refractivity contribution < 1.29 is 4.79 Å². The van der Waals surface area contributed by atoms with E-state index in [0.717, 1.165) is 19.4 Å². The van der Waals surface area contributed by atoms with Gasteiger partial charge in [0.15, 0.2) is 0 Å². The van der Waals surface area contributed by atoms with Crippen LogP contribution < -0.4 is 5.32 Å². The van der Waals surface area contributed by atoms with Crippen LogP contribution in [0.4, 0.5) is 0 Å². The maximum Gasteiger partial charge on any atom is 0.236 e. The van der Waals surface area contributed by atoms with Crippen LogP contribution in [0, 0.1) is 5.41 Å². The zero-order valence-corrected chi connectivity index (χ0v) is 13.1. The number of fused-ring (bicyclic) bond motifs is 1. The minimum Gasteiger partial charge on any atom is -0.345 e. The van der Waals surface area contributed by atoms with Gasteiger partial charge in [0, 0.05) is 19.6 Å². The van der Waals surface area contributed by atoms with Crippen LogP contribution in [-0.4, -0.2) is 30.9 Å². The number of aryl methyl sites for hydroxylation is 1. The molecule has 1 amide bonds. The van der Waals surface area contributed by atoms with Crippen LogP contribution in [0.1, 0.15) is 44.4 Å². The van der Waals surface area contributed by atoms with Crippen LogP contribution in [0.2, 0.25) is 0 Å². The number of carbonyl (C=O) groups is 1. The number of amides is 1. The Morgan fingerprint density at radius 3 is 2.80 bits per heavy atom. The summed E-state index contributed by atoms with van der Waals surface area (Å²) >= 11 is 0. The number of carbonyl (C=O) groups excluding carboxylic acids is 1. The molecule has 0 heterocycles. The highest BCUT2D eigenvalue weighted by Gasteiger charge is 2.35. The fourth-order valence-corrected chi connectivity index (χ4v) is 2.95. The number of nitrogens with one attached hydrogen (secondary N) is 1. The van der Waals surface area contributed by atoms with Crippen LogP contribution in [0.3, 0.4) is 0 Å². The van der Waals surface area contributed by atoms with Gasteiger partial charge in [-0.05, 0) is 36.3 Å². The van der Waals surface area contributed by atoms with Crippen molar-refractivity contribution in [3.8, 4) is 0 Å². The molecule has 2 rings (SSSR count). The molecule has 1 unspecified atom stereocenters. The molecule has 1 aliphatic rings. The summed E-state index contributed by atoms with van der Waals surface area (Å²) in [6.45, 7) is 7.74. The first-order chi connectivity index (χ1) is 9.45. The summed E-state index contributed by atoms with van der Waals surface area (Å²) in [5, 5.41) is 3.49. The van der Waals surface area contributed by atoms with Crippen molar-refractivity contribution >= 4 is 5.91 Å². The second kappa shape index (κ2) is 5.96. The van der Waals surface area contributed by atoms with Gasteiger partial charge in [-0.1, -0.05) is 38.1 Å². The van der Waals surface area contributed by atoms with E-state index in [2.05, 4.69) is 43.4 Å². The van der Waals surface area contributed by atoms with E-state index in [1.54, 1.807) is 4.90 Å². The second-order valence-electron chi connectivity index (χ2n) is 6.41. The molecule has 1 atom stereocenters. The summed E-state index contributed by atoms with van der Waals surface area (Å²) in [6, 6.07) is 8.85. The zero-order valence-electron chi connectivity index (χ0n) is 13.1. The lowest BCUT2D eigenvalue weighted by Crippen LogP contribution is -2.43. The first-order valence-electron chi connectivity index (χ1n) is 7.51. The summed E-state index contributed by atoms with van der Waals surface area (Å²) in [5.41, 5.74) is 2.95. The van der Waals surface area contributed by atoms with E-state index >= 15 is 0 Å². The minimum absolute atomic E-state index is 0.159. The van der Waals surface area contributed by atoms with Crippen LogP contribution in [0.25, 0.3) is 0 Å². The molecule has 0 aliphatic heterocycles.